The van der Waals surface area contributed by atoms with Crippen LogP contribution < -0.4 is 10.1 Å². The van der Waals surface area contributed by atoms with E-state index in [0.717, 1.165) is 29.7 Å². The molecule has 0 atom stereocenters. The maximum Gasteiger partial charge on any atom is 0.259 e. The maximum atomic E-state index is 13.1. The summed E-state index contributed by atoms with van der Waals surface area (Å²) in [6.07, 6.45) is 1.68. The molecule has 0 aliphatic heterocycles. The van der Waals surface area contributed by atoms with Crippen molar-refractivity contribution in [3.63, 3.8) is 0 Å². The highest BCUT2D eigenvalue weighted by molar-refractivity contribution is 6.36. The Morgan fingerprint density at radius 2 is 1.65 bits per heavy atom. The van der Waals surface area contributed by atoms with E-state index in [1.165, 1.54) is 5.56 Å². The summed E-state index contributed by atoms with van der Waals surface area (Å²) in [5.41, 5.74) is 5.95. The Morgan fingerprint density at radius 3 is 2.15 bits per heavy atom. The van der Waals surface area contributed by atoms with Gasteiger partial charge in [0, 0.05) is 5.69 Å². The van der Waals surface area contributed by atoms with Gasteiger partial charge in [-0.2, -0.15) is 0 Å². The van der Waals surface area contributed by atoms with Crippen molar-refractivity contribution >= 4 is 23.2 Å². The van der Waals surface area contributed by atoms with Gasteiger partial charge in [-0.3, -0.25) is 9.78 Å². The Kier molecular flexibility index (Phi) is 6.65. The van der Waals surface area contributed by atoms with Gasteiger partial charge in [0.15, 0.2) is 5.75 Å². The second kappa shape index (κ2) is 8.54. The molecule has 0 spiro atoms. The van der Waals surface area contributed by atoms with E-state index in [-0.39, 0.29) is 5.91 Å². The smallest absolute Gasteiger partial charge is 0.259 e. The monoisotopic (exact) mass is 374 g/mol. The largest absolute Gasteiger partial charge is 0.490 e. The number of rotatable bonds is 6. The van der Waals surface area contributed by atoms with Crippen molar-refractivity contribution in [2.45, 2.75) is 54.4 Å². The summed E-state index contributed by atoms with van der Waals surface area (Å²) in [5, 5.41) is 3.39. The fourth-order valence-electron chi connectivity index (χ4n) is 3.20. The number of aryl methyl sites for hydroxylation is 5. The number of aromatic nitrogens is 1. The molecule has 1 aromatic heterocycles. The van der Waals surface area contributed by atoms with Crippen molar-refractivity contribution in [1.29, 1.82) is 0 Å². The molecule has 1 aromatic carbocycles. The van der Waals surface area contributed by atoms with Gasteiger partial charge in [0.05, 0.1) is 28.6 Å². The van der Waals surface area contributed by atoms with Gasteiger partial charge in [-0.05, 0) is 51.7 Å². The van der Waals surface area contributed by atoms with Crippen LogP contribution in [0.3, 0.4) is 0 Å². The third-order valence-electron chi connectivity index (χ3n) is 4.41. The van der Waals surface area contributed by atoms with Gasteiger partial charge in [-0.1, -0.05) is 43.1 Å². The molecule has 0 radical (unpaired) electrons. The van der Waals surface area contributed by atoms with Gasteiger partial charge in [-0.15, -0.1) is 0 Å². The number of carbonyl (C=O) groups excluding carboxylic acids is 1. The van der Waals surface area contributed by atoms with Crippen molar-refractivity contribution in [2.75, 3.05) is 11.9 Å². The van der Waals surface area contributed by atoms with Gasteiger partial charge in [0.25, 0.3) is 5.91 Å². The number of anilines is 1. The average molecular weight is 375 g/mol. The summed E-state index contributed by atoms with van der Waals surface area (Å²) in [5.74, 6) is 0.217. The van der Waals surface area contributed by atoms with Crippen molar-refractivity contribution < 1.29 is 9.53 Å². The number of pyridine rings is 1. The van der Waals surface area contributed by atoms with E-state index in [0.29, 0.717) is 34.3 Å². The van der Waals surface area contributed by atoms with E-state index in [1.54, 1.807) is 6.92 Å². The number of carbonyl (C=O) groups is 1. The van der Waals surface area contributed by atoms with Crippen molar-refractivity contribution in [3.05, 3.63) is 50.8 Å². The first-order valence-electron chi connectivity index (χ1n) is 9.07. The highest BCUT2D eigenvalue weighted by Crippen LogP contribution is 2.34. The minimum absolute atomic E-state index is 0.255. The van der Waals surface area contributed by atoms with Crippen LogP contribution in [0.25, 0.3) is 0 Å². The van der Waals surface area contributed by atoms with Crippen LogP contribution in [0.4, 0.5) is 5.69 Å². The first-order chi connectivity index (χ1) is 12.3. The summed E-state index contributed by atoms with van der Waals surface area (Å²) >= 11 is 6.51. The van der Waals surface area contributed by atoms with Crippen LogP contribution in [0.15, 0.2) is 12.1 Å². The molecule has 0 unspecified atom stereocenters. The number of benzene rings is 1. The van der Waals surface area contributed by atoms with Crippen molar-refractivity contribution in [2.24, 2.45) is 0 Å². The zero-order chi connectivity index (χ0) is 19.4. The lowest BCUT2D eigenvalue weighted by atomic mass is 9.99. The molecule has 1 N–H and O–H groups in total. The standard InChI is InChI=1S/C21H27ClN2O2/c1-7-15-10-12(4)11-16(8-2)19(15)24-21(25)17-13(5)23-14(6)20(18(17)22)26-9-3/h10-11H,7-9H2,1-6H3,(H,24,25). The van der Waals surface area contributed by atoms with Crippen LogP contribution in [0.2, 0.25) is 5.02 Å². The lowest BCUT2D eigenvalue weighted by Gasteiger charge is -2.18. The molecule has 0 saturated carbocycles. The molecule has 0 bridgehead atoms. The first kappa shape index (κ1) is 20.2. The Balaban J connectivity index is 2.51. The van der Waals surface area contributed by atoms with Crippen molar-refractivity contribution in [1.82, 2.24) is 4.98 Å². The van der Waals surface area contributed by atoms with Gasteiger partial charge in [0.1, 0.15) is 0 Å². The summed E-state index contributed by atoms with van der Waals surface area (Å²) in [6, 6.07) is 4.23. The molecule has 0 aliphatic rings. The fourth-order valence-corrected chi connectivity index (χ4v) is 3.62. The van der Waals surface area contributed by atoms with Gasteiger partial charge < -0.3 is 10.1 Å². The minimum atomic E-state index is -0.255. The molecule has 5 heteroatoms. The van der Waals surface area contributed by atoms with E-state index < -0.39 is 0 Å². The zero-order valence-corrected chi connectivity index (χ0v) is 17.2. The summed E-state index contributed by atoms with van der Waals surface area (Å²) < 4.78 is 5.59. The summed E-state index contributed by atoms with van der Waals surface area (Å²) in [7, 11) is 0. The van der Waals surface area contributed by atoms with Crippen LogP contribution in [0, 0.1) is 20.8 Å². The highest BCUT2D eigenvalue weighted by atomic mass is 35.5. The quantitative estimate of drug-likeness (QED) is 0.732. The number of halogens is 1. The van der Waals surface area contributed by atoms with Crippen LogP contribution in [0.1, 0.15) is 59.2 Å². The van der Waals surface area contributed by atoms with Gasteiger partial charge in [-0.25, -0.2) is 0 Å². The number of amides is 1. The lowest BCUT2D eigenvalue weighted by Crippen LogP contribution is -2.18. The number of nitrogens with one attached hydrogen (secondary N) is 1. The summed E-state index contributed by atoms with van der Waals surface area (Å²) in [6.45, 7) is 12.2. The Bertz CT molecular complexity index is 806. The van der Waals surface area contributed by atoms with E-state index in [9.17, 15) is 4.79 Å². The second-order valence-electron chi connectivity index (χ2n) is 6.35. The SMILES string of the molecule is CCOc1c(C)nc(C)c(C(=O)Nc2c(CC)cc(C)cc2CC)c1Cl. The first-order valence-corrected chi connectivity index (χ1v) is 9.44. The van der Waals surface area contributed by atoms with E-state index in [4.69, 9.17) is 16.3 Å². The molecule has 140 valence electrons. The highest BCUT2D eigenvalue weighted by Gasteiger charge is 2.22. The predicted molar refractivity (Wildman–Crippen MR) is 108 cm³/mol. The topological polar surface area (TPSA) is 51.2 Å². The Morgan fingerprint density at radius 1 is 1.08 bits per heavy atom. The molecule has 0 fully saturated rings. The number of hydrogen-bond acceptors (Lipinski definition) is 3. The molecule has 1 heterocycles. The molecule has 4 nitrogen and oxygen atoms in total. The number of nitrogens with zero attached hydrogens (tertiary/aromatic N) is 1. The molecular formula is C21H27ClN2O2. The zero-order valence-electron chi connectivity index (χ0n) is 16.4. The second-order valence-corrected chi connectivity index (χ2v) is 6.73. The molecule has 2 aromatic rings. The fraction of sp³-hybridized carbons (Fsp3) is 0.429. The Hall–Kier alpha value is -2.07. The average Bonchev–Trinajstić information content (AvgIpc) is 2.59. The predicted octanol–water partition coefficient (Wildman–Crippen LogP) is 5.44. The van der Waals surface area contributed by atoms with Crippen LogP contribution in [-0.2, 0) is 12.8 Å². The van der Waals surface area contributed by atoms with Crippen molar-refractivity contribution in [3.8, 4) is 5.75 Å². The lowest BCUT2D eigenvalue weighted by molar-refractivity contribution is 0.102. The van der Waals surface area contributed by atoms with E-state index in [2.05, 4.69) is 43.2 Å². The molecule has 26 heavy (non-hydrogen) atoms. The maximum absolute atomic E-state index is 13.1. The third kappa shape index (κ3) is 4.01. The van der Waals surface area contributed by atoms with Crippen LogP contribution in [-0.4, -0.2) is 17.5 Å². The molecule has 0 aliphatic carbocycles. The molecule has 0 saturated heterocycles. The van der Waals surface area contributed by atoms with Crippen LogP contribution in [0.5, 0.6) is 5.75 Å². The minimum Gasteiger partial charge on any atom is -0.490 e. The molecule has 1 amide bonds. The van der Waals surface area contributed by atoms with E-state index >= 15 is 0 Å². The third-order valence-corrected chi connectivity index (χ3v) is 4.77. The Labute approximate surface area is 160 Å². The van der Waals surface area contributed by atoms with Gasteiger partial charge >= 0.3 is 0 Å². The number of ether oxygens (including phenoxy) is 1. The normalized spacial score (nSPS) is 10.7. The summed E-state index contributed by atoms with van der Waals surface area (Å²) in [4.78, 5) is 17.5. The number of hydrogen-bond donors (Lipinski definition) is 1. The van der Waals surface area contributed by atoms with Gasteiger partial charge in [0.2, 0.25) is 0 Å². The van der Waals surface area contributed by atoms with E-state index in [1.807, 2.05) is 13.8 Å². The molecular weight excluding hydrogens is 348 g/mol. The van der Waals surface area contributed by atoms with Crippen LogP contribution >= 0.6 is 11.6 Å². The molecule has 2 rings (SSSR count).